The van der Waals surface area contributed by atoms with Crippen molar-refractivity contribution in [2.75, 3.05) is 17.7 Å². The first kappa shape index (κ1) is 14.4. The quantitative estimate of drug-likeness (QED) is 0.842. The van der Waals surface area contributed by atoms with Crippen molar-refractivity contribution in [3.05, 3.63) is 52.5 Å². The van der Waals surface area contributed by atoms with Crippen molar-refractivity contribution >= 4 is 33.2 Å². The predicted molar refractivity (Wildman–Crippen MR) is 83.9 cm³/mol. The Morgan fingerprint density at radius 1 is 1.25 bits per heavy atom. The molecule has 2 aromatic rings. The van der Waals surface area contributed by atoms with Crippen molar-refractivity contribution < 1.29 is 9.53 Å². The minimum atomic E-state index is -0.242. The zero-order valence-corrected chi connectivity index (χ0v) is 12.6. The van der Waals surface area contributed by atoms with Crippen LogP contribution in [0.2, 0.25) is 0 Å². The lowest BCUT2D eigenvalue weighted by Gasteiger charge is -2.11. The van der Waals surface area contributed by atoms with E-state index in [1.807, 2.05) is 31.2 Å². The zero-order chi connectivity index (χ0) is 14.5. The molecule has 0 atom stereocenters. The van der Waals surface area contributed by atoms with Crippen LogP contribution >= 0.6 is 15.9 Å². The van der Waals surface area contributed by atoms with Crippen LogP contribution in [-0.4, -0.2) is 12.5 Å². The van der Waals surface area contributed by atoms with E-state index in [1.54, 1.807) is 18.2 Å². The second kappa shape index (κ2) is 6.43. The van der Waals surface area contributed by atoms with E-state index in [2.05, 4.69) is 21.2 Å². The Morgan fingerprint density at radius 3 is 2.60 bits per heavy atom. The van der Waals surface area contributed by atoms with Gasteiger partial charge >= 0.3 is 0 Å². The van der Waals surface area contributed by atoms with Crippen LogP contribution in [0.3, 0.4) is 0 Å². The molecule has 2 aromatic carbocycles. The molecule has 0 aromatic heterocycles. The topological polar surface area (TPSA) is 64.3 Å². The fraction of sp³-hybridized carbons (Fsp3) is 0.133. The van der Waals surface area contributed by atoms with Gasteiger partial charge in [-0.1, -0.05) is 28.1 Å². The summed E-state index contributed by atoms with van der Waals surface area (Å²) in [6.45, 7) is 1.83. The molecule has 20 heavy (non-hydrogen) atoms. The normalized spacial score (nSPS) is 10.1. The number of hydrogen-bond acceptors (Lipinski definition) is 3. The molecule has 0 aliphatic heterocycles. The summed E-state index contributed by atoms with van der Waals surface area (Å²) in [7, 11) is 0. The number of ether oxygens (including phenoxy) is 1. The molecule has 104 valence electrons. The number of nitrogens with two attached hydrogens (primary N) is 1. The molecular formula is C15H15BrN2O2. The van der Waals surface area contributed by atoms with E-state index in [-0.39, 0.29) is 12.5 Å². The second-order valence-corrected chi connectivity index (χ2v) is 5.25. The molecule has 2 rings (SSSR count). The van der Waals surface area contributed by atoms with E-state index in [4.69, 9.17) is 10.5 Å². The largest absolute Gasteiger partial charge is 0.484 e. The van der Waals surface area contributed by atoms with Gasteiger partial charge < -0.3 is 15.8 Å². The Bertz CT molecular complexity index is 592. The fourth-order valence-electron chi connectivity index (χ4n) is 1.72. The van der Waals surface area contributed by atoms with Gasteiger partial charge in [-0.3, -0.25) is 4.79 Å². The first-order valence-electron chi connectivity index (χ1n) is 6.09. The number of para-hydroxylation sites is 1. The van der Waals surface area contributed by atoms with Crippen molar-refractivity contribution in [1.82, 2.24) is 0 Å². The Balaban J connectivity index is 1.94. The van der Waals surface area contributed by atoms with Crippen molar-refractivity contribution in [3.63, 3.8) is 0 Å². The lowest BCUT2D eigenvalue weighted by Crippen LogP contribution is -2.21. The minimum Gasteiger partial charge on any atom is -0.484 e. The highest BCUT2D eigenvalue weighted by molar-refractivity contribution is 9.10. The summed E-state index contributed by atoms with van der Waals surface area (Å²) < 4.78 is 6.36. The molecule has 0 aliphatic rings. The predicted octanol–water partition coefficient (Wildman–Crippen LogP) is 3.36. The lowest BCUT2D eigenvalue weighted by atomic mass is 10.1. The number of anilines is 2. The third-order valence-corrected chi connectivity index (χ3v) is 3.28. The summed E-state index contributed by atoms with van der Waals surface area (Å²) in [6.07, 6.45) is 0. The molecule has 1 amide bonds. The van der Waals surface area contributed by atoms with Crippen LogP contribution in [0.5, 0.6) is 5.75 Å². The molecule has 0 bridgehead atoms. The number of rotatable bonds is 4. The minimum absolute atomic E-state index is 0.0601. The van der Waals surface area contributed by atoms with E-state index >= 15 is 0 Å². The van der Waals surface area contributed by atoms with Crippen LogP contribution < -0.4 is 15.8 Å². The van der Waals surface area contributed by atoms with Gasteiger partial charge in [0.05, 0.1) is 11.4 Å². The number of carbonyl (C=O) groups excluding carboxylic acids is 1. The standard InChI is InChI=1S/C15H15BrN2O2/c1-10-3-2-4-13(17)15(10)18-14(19)9-20-12-7-5-11(16)6-8-12/h2-8H,9,17H2,1H3,(H,18,19). The van der Waals surface area contributed by atoms with E-state index in [0.29, 0.717) is 17.1 Å². The summed E-state index contributed by atoms with van der Waals surface area (Å²) in [4.78, 5) is 11.9. The van der Waals surface area contributed by atoms with Gasteiger partial charge in [0, 0.05) is 4.47 Å². The molecule has 4 nitrogen and oxygen atoms in total. The number of halogens is 1. The van der Waals surface area contributed by atoms with Crippen LogP contribution in [-0.2, 0) is 4.79 Å². The summed E-state index contributed by atoms with van der Waals surface area (Å²) in [5.41, 5.74) is 7.93. The number of benzene rings is 2. The van der Waals surface area contributed by atoms with Gasteiger partial charge in [-0.2, -0.15) is 0 Å². The van der Waals surface area contributed by atoms with Crippen molar-refractivity contribution in [2.45, 2.75) is 6.92 Å². The van der Waals surface area contributed by atoms with Gasteiger partial charge in [0.25, 0.3) is 5.91 Å². The number of hydrogen-bond donors (Lipinski definition) is 2. The van der Waals surface area contributed by atoms with Gasteiger partial charge in [0.15, 0.2) is 6.61 Å². The molecule has 3 N–H and O–H groups in total. The number of aryl methyl sites for hydroxylation is 1. The molecule has 0 saturated carbocycles. The van der Waals surface area contributed by atoms with Gasteiger partial charge in [0.1, 0.15) is 5.75 Å². The molecule has 0 fully saturated rings. The molecular weight excluding hydrogens is 320 g/mol. The van der Waals surface area contributed by atoms with Gasteiger partial charge in [-0.25, -0.2) is 0 Å². The van der Waals surface area contributed by atoms with Crippen LogP contribution in [0.4, 0.5) is 11.4 Å². The van der Waals surface area contributed by atoms with Crippen LogP contribution in [0.1, 0.15) is 5.56 Å². The van der Waals surface area contributed by atoms with Crippen molar-refractivity contribution in [1.29, 1.82) is 0 Å². The van der Waals surface area contributed by atoms with Gasteiger partial charge in [0.2, 0.25) is 0 Å². The van der Waals surface area contributed by atoms with Crippen molar-refractivity contribution in [3.8, 4) is 5.75 Å². The van der Waals surface area contributed by atoms with E-state index in [1.165, 1.54) is 0 Å². The molecule has 0 radical (unpaired) electrons. The first-order chi connectivity index (χ1) is 9.56. The number of nitrogens with one attached hydrogen (secondary N) is 1. The van der Waals surface area contributed by atoms with Gasteiger partial charge in [-0.05, 0) is 42.8 Å². The highest BCUT2D eigenvalue weighted by atomic mass is 79.9. The third-order valence-electron chi connectivity index (χ3n) is 2.75. The molecule has 0 saturated heterocycles. The first-order valence-corrected chi connectivity index (χ1v) is 6.89. The molecule has 0 unspecified atom stereocenters. The smallest absolute Gasteiger partial charge is 0.262 e. The number of carbonyl (C=O) groups is 1. The maximum atomic E-state index is 11.9. The Morgan fingerprint density at radius 2 is 1.95 bits per heavy atom. The lowest BCUT2D eigenvalue weighted by molar-refractivity contribution is -0.118. The summed E-state index contributed by atoms with van der Waals surface area (Å²) in [5, 5.41) is 2.76. The fourth-order valence-corrected chi connectivity index (χ4v) is 1.98. The van der Waals surface area contributed by atoms with Crippen molar-refractivity contribution in [2.24, 2.45) is 0 Å². The van der Waals surface area contributed by atoms with Crippen LogP contribution in [0.15, 0.2) is 46.9 Å². The average molecular weight is 335 g/mol. The van der Waals surface area contributed by atoms with Crippen LogP contribution in [0.25, 0.3) is 0 Å². The Kier molecular flexibility index (Phi) is 4.63. The molecule has 0 aliphatic carbocycles. The monoisotopic (exact) mass is 334 g/mol. The Labute approximate surface area is 126 Å². The molecule has 0 heterocycles. The van der Waals surface area contributed by atoms with E-state index < -0.39 is 0 Å². The van der Waals surface area contributed by atoms with E-state index in [0.717, 1.165) is 10.0 Å². The van der Waals surface area contributed by atoms with E-state index in [9.17, 15) is 4.79 Å². The van der Waals surface area contributed by atoms with Crippen LogP contribution in [0, 0.1) is 6.92 Å². The SMILES string of the molecule is Cc1cccc(N)c1NC(=O)COc1ccc(Br)cc1. The maximum absolute atomic E-state index is 11.9. The highest BCUT2D eigenvalue weighted by Crippen LogP contribution is 2.22. The molecule has 0 spiro atoms. The maximum Gasteiger partial charge on any atom is 0.262 e. The number of nitrogen functional groups attached to an aromatic ring is 1. The molecule has 5 heteroatoms. The number of amides is 1. The zero-order valence-electron chi connectivity index (χ0n) is 11.0. The Hall–Kier alpha value is -2.01. The summed E-state index contributed by atoms with van der Waals surface area (Å²) >= 11 is 3.34. The third kappa shape index (κ3) is 3.74. The summed E-state index contributed by atoms with van der Waals surface area (Å²) in [5.74, 6) is 0.398. The summed E-state index contributed by atoms with van der Waals surface area (Å²) in [6, 6.07) is 12.8. The average Bonchev–Trinajstić information content (AvgIpc) is 2.42. The van der Waals surface area contributed by atoms with Gasteiger partial charge in [-0.15, -0.1) is 0 Å². The highest BCUT2D eigenvalue weighted by Gasteiger charge is 2.08. The second-order valence-electron chi connectivity index (χ2n) is 4.33.